The van der Waals surface area contributed by atoms with Crippen LogP contribution in [0.5, 0.6) is 0 Å². The lowest BCUT2D eigenvalue weighted by Crippen LogP contribution is -2.28. The fourth-order valence-corrected chi connectivity index (χ4v) is 3.47. The molecule has 3 heterocycles. The SMILES string of the molecule is Cc1nn(-c2ncccn2)c2c1[C@H](C(=O)c1ccc(Cl)c(Cl)c1)CC(=O)N2. The van der Waals surface area contributed by atoms with Crippen LogP contribution >= 0.6 is 23.2 Å². The Balaban J connectivity index is 1.82. The number of nitrogens with zero attached hydrogens (tertiary/aromatic N) is 4. The molecule has 0 bridgehead atoms. The molecule has 0 unspecified atom stereocenters. The summed E-state index contributed by atoms with van der Waals surface area (Å²) in [6, 6.07) is 6.36. The van der Waals surface area contributed by atoms with E-state index in [-0.39, 0.29) is 23.1 Å². The maximum atomic E-state index is 13.1. The lowest BCUT2D eigenvalue weighted by Gasteiger charge is -2.23. The van der Waals surface area contributed by atoms with E-state index in [2.05, 4.69) is 20.4 Å². The standard InChI is InChI=1S/C18H13Cl2N5O2/c1-9-15-11(16(27)10-3-4-12(19)13(20)7-10)8-14(26)23-17(15)25(24-9)18-21-5-2-6-22-18/h2-7,11H,8H2,1H3,(H,23,26)/t11-/m1/s1. The third-order valence-corrected chi connectivity index (χ3v) is 5.10. The Labute approximate surface area is 164 Å². The number of nitrogens with one attached hydrogen (secondary N) is 1. The van der Waals surface area contributed by atoms with Crippen molar-refractivity contribution in [3.63, 3.8) is 0 Å². The second-order valence-corrected chi connectivity index (χ2v) is 6.92. The van der Waals surface area contributed by atoms with Crippen LogP contribution in [0.15, 0.2) is 36.7 Å². The number of fused-ring (bicyclic) bond motifs is 1. The topological polar surface area (TPSA) is 89.8 Å². The van der Waals surface area contributed by atoms with Gasteiger partial charge >= 0.3 is 0 Å². The van der Waals surface area contributed by atoms with Crippen molar-refractivity contribution < 1.29 is 9.59 Å². The van der Waals surface area contributed by atoms with E-state index in [1.54, 1.807) is 37.5 Å². The Hall–Kier alpha value is -2.77. The molecule has 0 fully saturated rings. The molecule has 9 heteroatoms. The largest absolute Gasteiger partial charge is 0.310 e. The summed E-state index contributed by atoms with van der Waals surface area (Å²) in [5.74, 6) is -0.458. The first-order chi connectivity index (χ1) is 13.0. The van der Waals surface area contributed by atoms with Crippen molar-refractivity contribution in [3.8, 4) is 5.95 Å². The molecule has 136 valence electrons. The molecule has 2 aromatic heterocycles. The first kappa shape index (κ1) is 17.6. The maximum absolute atomic E-state index is 13.1. The first-order valence-corrected chi connectivity index (χ1v) is 8.87. The van der Waals surface area contributed by atoms with Crippen molar-refractivity contribution >= 4 is 40.7 Å². The van der Waals surface area contributed by atoms with Gasteiger partial charge < -0.3 is 5.32 Å². The van der Waals surface area contributed by atoms with E-state index in [0.29, 0.717) is 33.6 Å². The molecule has 0 saturated heterocycles. The smallest absolute Gasteiger partial charge is 0.252 e. The van der Waals surface area contributed by atoms with Gasteiger partial charge in [-0.25, -0.2) is 9.97 Å². The van der Waals surface area contributed by atoms with Crippen molar-refractivity contribution in [2.45, 2.75) is 19.3 Å². The third-order valence-electron chi connectivity index (χ3n) is 4.36. The van der Waals surface area contributed by atoms with E-state index in [0.717, 1.165) is 0 Å². The van der Waals surface area contributed by atoms with Crippen molar-refractivity contribution in [2.75, 3.05) is 5.32 Å². The fraction of sp³-hybridized carbons (Fsp3) is 0.167. The molecule has 4 rings (SSSR count). The number of hydrogen-bond acceptors (Lipinski definition) is 5. The van der Waals surface area contributed by atoms with Gasteiger partial charge in [0, 0.05) is 29.9 Å². The van der Waals surface area contributed by atoms with Crippen molar-refractivity contribution in [1.29, 1.82) is 0 Å². The second-order valence-electron chi connectivity index (χ2n) is 6.11. The average molecular weight is 402 g/mol. The van der Waals surface area contributed by atoms with Crippen LogP contribution in [0.4, 0.5) is 5.82 Å². The van der Waals surface area contributed by atoms with Gasteiger partial charge in [-0.2, -0.15) is 9.78 Å². The Kier molecular flexibility index (Phi) is 4.41. The summed E-state index contributed by atoms with van der Waals surface area (Å²) >= 11 is 12.0. The molecular weight excluding hydrogens is 389 g/mol. The number of benzene rings is 1. The highest BCUT2D eigenvalue weighted by Crippen LogP contribution is 2.38. The zero-order valence-electron chi connectivity index (χ0n) is 14.1. The number of amides is 1. The minimum absolute atomic E-state index is 0.0221. The number of carbonyl (C=O) groups is 2. The Morgan fingerprint density at radius 1 is 1.22 bits per heavy atom. The number of aryl methyl sites for hydroxylation is 1. The number of aromatic nitrogens is 4. The summed E-state index contributed by atoms with van der Waals surface area (Å²) in [5, 5.41) is 7.87. The van der Waals surface area contributed by atoms with E-state index in [1.165, 1.54) is 10.7 Å². The summed E-state index contributed by atoms with van der Waals surface area (Å²) in [6.07, 6.45) is 3.18. The molecule has 0 saturated carbocycles. The highest BCUT2D eigenvalue weighted by Gasteiger charge is 2.36. The average Bonchev–Trinajstić information content (AvgIpc) is 3.00. The molecule has 7 nitrogen and oxygen atoms in total. The number of Topliss-reactive ketones (excluding diaryl/α,β-unsaturated/α-hetero) is 1. The van der Waals surface area contributed by atoms with Gasteiger partial charge in [-0.3, -0.25) is 9.59 Å². The molecule has 3 aromatic rings. The minimum atomic E-state index is -0.677. The van der Waals surface area contributed by atoms with Crippen molar-refractivity contribution in [3.05, 3.63) is 63.5 Å². The van der Waals surface area contributed by atoms with Crippen LogP contribution in [-0.2, 0) is 4.79 Å². The molecular formula is C18H13Cl2N5O2. The summed E-state index contributed by atoms with van der Waals surface area (Å²) < 4.78 is 1.44. The summed E-state index contributed by atoms with van der Waals surface area (Å²) in [6.45, 7) is 1.78. The highest BCUT2D eigenvalue weighted by atomic mass is 35.5. The number of carbonyl (C=O) groups excluding carboxylic acids is 2. The quantitative estimate of drug-likeness (QED) is 0.677. The molecule has 1 amide bonds. The van der Waals surface area contributed by atoms with E-state index in [4.69, 9.17) is 23.2 Å². The number of rotatable bonds is 3. The molecule has 27 heavy (non-hydrogen) atoms. The highest BCUT2D eigenvalue weighted by molar-refractivity contribution is 6.42. The first-order valence-electron chi connectivity index (χ1n) is 8.11. The van der Waals surface area contributed by atoms with Crippen LogP contribution in [0, 0.1) is 6.92 Å². The van der Waals surface area contributed by atoms with E-state index in [9.17, 15) is 9.59 Å². The minimum Gasteiger partial charge on any atom is -0.310 e. The van der Waals surface area contributed by atoms with Gasteiger partial charge in [0.1, 0.15) is 5.82 Å². The van der Waals surface area contributed by atoms with Crippen LogP contribution in [0.3, 0.4) is 0 Å². The van der Waals surface area contributed by atoms with Crippen LogP contribution in [0.1, 0.15) is 34.0 Å². The monoisotopic (exact) mass is 401 g/mol. The van der Waals surface area contributed by atoms with Gasteiger partial charge in [-0.15, -0.1) is 0 Å². The molecule has 1 N–H and O–H groups in total. The van der Waals surface area contributed by atoms with Gasteiger partial charge in [-0.05, 0) is 31.2 Å². The predicted molar refractivity (Wildman–Crippen MR) is 101 cm³/mol. The van der Waals surface area contributed by atoms with Crippen LogP contribution < -0.4 is 5.32 Å². The number of halogens is 2. The molecule has 0 aliphatic carbocycles. The van der Waals surface area contributed by atoms with Gasteiger partial charge in [0.15, 0.2) is 5.78 Å². The van der Waals surface area contributed by atoms with Gasteiger partial charge in [0.25, 0.3) is 5.95 Å². The molecule has 1 aliphatic heterocycles. The molecule has 0 spiro atoms. The normalized spacial score (nSPS) is 16.0. The number of anilines is 1. The van der Waals surface area contributed by atoms with Gasteiger partial charge in [-0.1, -0.05) is 23.2 Å². The summed E-state index contributed by atoms with van der Waals surface area (Å²) in [7, 11) is 0. The van der Waals surface area contributed by atoms with Crippen molar-refractivity contribution in [2.24, 2.45) is 0 Å². The summed E-state index contributed by atoms with van der Waals surface area (Å²) in [4.78, 5) is 33.7. The lowest BCUT2D eigenvalue weighted by molar-refractivity contribution is -0.116. The second kappa shape index (κ2) is 6.75. The van der Waals surface area contributed by atoms with Crippen LogP contribution in [-0.4, -0.2) is 31.4 Å². The molecule has 0 radical (unpaired) electrons. The van der Waals surface area contributed by atoms with Crippen LogP contribution in [0.2, 0.25) is 10.0 Å². The summed E-state index contributed by atoms with van der Waals surface area (Å²) in [5.41, 5.74) is 1.66. The Morgan fingerprint density at radius 3 is 2.67 bits per heavy atom. The van der Waals surface area contributed by atoms with Crippen LogP contribution in [0.25, 0.3) is 5.95 Å². The lowest BCUT2D eigenvalue weighted by atomic mass is 9.85. The molecule has 1 aromatic carbocycles. The zero-order valence-corrected chi connectivity index (χ0v) is 15.6. The van der Waals surface area contributed by atoms with Gasteiger partial charge in [0.05, 0.1) is 21.7 Å². The molecule has 1 atom stereocenters. The van der Waals surface area contributed by atoms with E-state index < -0.39 is 5.92 Å². The zero-order chi connectivity index (χ0) is 19.1. The Morgan fingerprint density at radius 2 is 1.96 bits per heavy atom. The predicted octanol–water partition coefficient (Wildman–Crippen LogP) is 3.59. The maximum Gasteiger partial charge on any atom is 0.252 e. The van der Waals surface area contributed by atoms with Crippen molar-refractivity contribution in [1.82, 2.24) is 19.7 Å². The Bertz CT molecular complexity index is 1070. The third kappa shape index (κ3) is 3.09. The molecule has 1 aliphatic rings. The van der Waals surface area contributed by atoms with Gasteiger partial charge in [0.2, 0.25) is 5.91 Å². The number of ketones is 1. The fourth-order valence-electron chi connectivity index (χ4n) is 3.17. The van der Waals surface area contributed by atoms with E-state index >= 15 is 0 Å². The number of hydrogen-bond donors (Lipinski definition) is 1. The van der Waals surface area contributed by atoms with E-state index in [1.807, 2.05) is 0 Å².